The Morgan fingerprint density at radius 3 is 2.75 bits per heavy atom. The lowest BCUT2D eigenvalue weighted by Crippen LogP contribution is -1.97. The van der Waals surface area contributed by atoms with Crippen molar-refractivity contribution in [1.29, 1.82) is 0 Å². The van der Waals surface area contributed by atoms with Crippen LogP contribution in [0.5, 0.6) is 11.5 Å². The van der Waals surface area contributed by atoms with Crippen molar-refractivity contribution < 1.29 is 13.9 Å². The Morgan fingerprint density at radius 1 is 1.25 bits per heavy atom. The molecule has 2 rings (SSSR count). The first-order chi connectivity index (χ1) is 9.63. The molecular weight excluding hydrogens is 277 g/mol. The molecule has 0 heterocycles. The van der Waals surface area contributed by atoms with Gasteiger partial charge in [-0.05, 0) is 31.2 Å². The maximum Gasteiger partial charge on any atom is 0.167 e. The van der Waals surface area contributed by atoms with Gasteiger partial charge in [-0.25, -0.2) is 4.39 Å². The summed E-state index contributed by atoms with van der Waals surface area (Å²) in [5.74, 6) is 0.534. The monoisotopic (exact) mass is 293 g/mol. The van der Waals surface area contributed by atoms with Crippen LogP contribution in [0.1, 0.15) is 6.92 Å². The number of anilines is 1. The number of nitrogens with two attached hydrogens (primary N) is 1. The highest BCUT2D eigenvalue weighted by Crippen LogP contribution is 2.37. The van der Waals surface area contributed by atoms with Crippen molar-refractivity contribution in [3.8, 4) is 11.5 Å². The number of methoxy groups -OCH3 is 1. The predicted molar refractivity (Wildman–Crippen MR) is 79.1 cm³/mol. The van der Waals surface area contributed by atoms with Crippen molar-refractivity contribution in [1.82, 2.24) is 0 Å². The molecule has 0 aromatic heterocycles. The summed E-state index contributed by atoms with van der Waals surface area (Å²) < 4.78 is 24.1. The van der Waals surface area contributed by atoms with E-state index in [9.17, 15) is 4.39 Å². The third-order valence-corrected chi connectivity index (χ3v) is 3.70. The molecule has 0 atom stereocenters. The summed E-state index contributed by atoms with van der Waals surface area (Å²) in [4.78, 5) is 1.72. The van der Waals surface area contributed by atoms with E-state index in [1.807, 2.05) is 31.2 Å². The fourth-order valence-corrected chi connectivity index (χ4v) is 2.61. The standard InChI is InChI=1S/C15H16FNO2S/c1-3-19-14-9-15(13(17)8-12(14)16)20-11-6-4-5-10(7-11)18-2/h4-9H,3,17H2,1-2H3. The van der Waals surface area contributed by atoms with Gasteiger partial charge in [0.2, 0.25) is 0 Å². The van der Waals surface area contributed by atoms with Crippen molar-refractivity contribution in [2.45, 2.75) is 16.7 Å². The second-order valence-corrected chi connectivity index (χ2v) is 5.15. The lowest BCUT2D eigenvalue weighted by atomic mass is 10.3. The van der Waals surface area contributed by atoms with Crippen LogP contribution >= 0.6 is 11.8 Å². The van der Waals surface area contributed by atoms with Crippen LogP contribution in [0.15, 0.2) is 46.2 Å². The van der Waals surface area contributed by atoms with Gasteiger partial charge in [0.15, 0.2) is 11.6 Å². The van der Waals surface area contributed by atoms with Crippen LogP contribution in [0, 0.1) is 5.82 Å². The number of hydrogen-bond acceptors (Lipinski definition) is 4. The van der Waals surface area contributed by atoms with Crippen LogP contribution in [0.4, 0.5) is 10.1 Å². The molecule has 0 radical (unpaired) electrons. The summed E-state index contributed by atoms with van der Waals surface area (Å²) in [5, 5.41) is 0. The Morgan fingerprint density at radius 2 is 2.05 bits per heavy atom. The zero-order valence-electron chi connectivity index (χ0n) is 11.4. The molecule has 0 saturated heterocycles. The Hall–Kier alpha value is -1.88. The number of halogens is 1. The molecule has 0 unspecified atom stereocenters. The minimum absolute atomic E-state index is 0.215. The quantitative estimate of drug-likeness (QED) is 0.847. The summed E-state index contributed by atoms with van der Waals surface area (Å²) in [6.07, 6.45) is 0. The molecule has 0 fully saturated rings. The molecular formula is C15H16FNO2S. The first-order valence-corrected chi connectivity index (χ1v) is 6.99. The van der Waals surface area contributed by atoms with Crippen molar-refractivity contribution >= 4 is 17.4 Å². The van der Waals surface area contributed by atoms with Gasteiger partial charge >= 0.3 is 0 Å². The zero-order chi connectivity index (χ0) is 14.5. The van der Waals surface area contributed by atoms with E-state index in [2.05, 4.69) is 0 Å². The number of hydrogen-bond donors (Lipinski definition) is 1. The van der Waals surface area contributed by atoms with E-state index < -0.39 is 5.82 Å². The molecule has 2 aromatic carbocycles. The zero-order valence-corrected chi connectivity index (χ0v) is 12.2. The first-order valence-electron chi connectivity index (χ1n) is 6.17. The Kier molecular flexibility index (Phi) is 4.74. The minimum atomic E-state index is -0.445. The fraction of sp³-hybridized carbons (Fsp3) is 0.200. The maximum atomic E-state index is 13.6. The third kappa shape index (κ3) is 3.36. The Bertz CT molecular complexity index is 604. The van der Waals surface area contributed by atoms with Crippen molar-refractivity contribution in [3.63, 3.8) is 0 Å². The second kappa shape index (κ2) is 6.52. The molecule has 0 saturated carbocycles. The van der Waals surface area contributed by atoms with Crippen molar-refractivity contribution in [3.05, 3.63) is 42.2 Å². The summed E-state index contributed by atoms with van der Waals surface area (Å²) in [6.45, 7) is 2.22. The lowest BCUT2D eigenvalue weighted by Gasteiger charge is -2.10. The third-order valence-electron chi connectivity index (χ3n) is 2.63. The fourth-order valence-electron chi connectivity index (χ4n) is 1.70. The van der Waals surface area contributed by atoms with Crippen molar-refractivity contribution in [2.75, 3.05) is 19.5 Å². The largest absolute Gasteiger partial charge is 0.497 e. The van der Waals surface area contributed by atoms with Crippen LogP contribution in [-0.2, 0) is 0 Å². The minimum Gasteiger partial charge on any atom is -0.497 e. The van der Waals surface area contributed by atoms with Crippen molar-refractivity contribution in [2.24, 2.45) is 0 Å². The van der Waals surface area contributed by atoms with Gasteiger partial charge in [0.1, 0.15) is 5.75 Å². The summed E-state index contributed by atoms with van der Waals surface area (Å²) in [6, 6.07) is 10.5. The molecule has 0 aliphatic heterocycles. The summed E-state index contributed by atoms with van der Waals surface area (Å²) in [7, 11) is 1.61. The predicted octanol–water partition coefficient (Wildman–Crippen LogP) is 3.97. The number of benzene rings is 2. The number of rotatable bonds is 5. The molecule has 0 amide bonds. The van der Waals surface area contributed by atoms with Crippen LogP contribution in [0.2, 0.25) is 0 Å². The number of nitrogen functional groups attached to an aromatic ring is 1. The van der Waals surface area contributed by atoms with Crippen LogP contribution in [0.25, 0.3) is 0 Å². The van der Waals surface area contributed by atoms with Gasteiger partial charge in [0, 0.05) is 21.5 Å². The molecule has 3 nitrogen and oxygen atoms in total. The normalized spacial score (nSPS) is 10.3. The number of ether oxygens (including phenoxy) is 2. The van der Waals surface area contributed by atoms with E-state index in [-0.39, 0.29) is 5.75 Å². The average Bonchev–Trinajstić information content (AvgIpc) is 2.44. The van der Waals surface area contributed by atoms with Gasteiger partial charge < -0.3 is 15.2 Å². The average molecular weight is 293 g/mol. The van der Waals surface area contributed by atoms with E-state index in [0.717, 1.165) is 15.5 Å². The highest BCUT2D eigenvalue weighted by molar-refractivity contribution is 7.99. The lowest BCUT2D eigenvalue weighted by molar-refractivity contribution is 0.321. The molecule has 20 heavy (non-hydrogen) atoms. The summed E-state index contributed by atoms with van der Waals surface area (Å²) in [5.41, 5.74) is 6.24. The van der Waals surface area contributed by atoms with Crippen LogP contribution in [-0.4, -0.2) is 13.7 Å². The Labute approximate surface area is 121 Å². The SMILES string of the molecule is CCOc1cc(Sc2cccc(OC)c2)c(N)cc1F. The first kappa shape index (κ1) is 14.5. The van der Waals surface area contributed by atoms with Gasteiger partial charge in [-0.3, -0.25) is 0 Å². The smallest absolute Gasteiger partial charge is 0.167 e. The van der Waals surface area contributed by atoms with Crippen LogP contribution in [0.3, 0.4) is 0 Å². The van der Waals surface area contributed by atoms with Gasteiger partial charge in [-0.1, -0.05) is 17.8 Å². The van der Waals surface area contributed by atoms with Gasteiger partial charge in [0.05, 0.1) is 13.7 Å². The summed E-state index contributed by atoms with van der Waals surface area (Å²) >= 11 is 1.44. The molecule has 2 N–H and O–H groups in total. The topological polar surface area (TPSA) is 44.5 Å². The molecule has 0 aliphatic carbocycles. The Balaban J connectivity index is 2.30. The second-order valence-electron chi connectivity index (χ2n) is 4.03. The van der Waals surface area contributed by atoms with E-state index in [0.29, 0.717) is 12.3 Å². The van der Waals surface area contributed by atoms with E-state index in [1.165, 1.54) is 17.8 Å². The maximum absolute atomic E-state index is 13.6. The van der Waals surface area contributed by atoms with Gasteiger partial charge in [-0.15, -0.1) is 0 Å². The molecule has 106 valence electrons. The molecule has 5 heteroatoms. The highest BCUT2D eigenvalue weighted by atomic mass is 32.2. The molecule has 0 spiro atoms. The highest BCUT2D eigenvalue weighted by Gasteiger charge is 2.10. The van der Waals surface area contributed by atoms with E-state index in [4.69, 9.17) is 15.2 Å². The molecule has 2 aromatic rings. The van der Waals surface area contributed by atoms with E-state index >= 15 is 0 Å². The molecule has 0 aliphatic rings. The molecule has 0 bridgehead atoms. The van der Waals surface area contributed by atoms with Gasteiger partial charge in [-0.2, -0.15) is 0 Å². The van der Waals surface area contributed by atoms with Crippen LogP contribution < -0.4 is 15.2 Å². The van der Waals surface area contributed by atoms with E-state index in [1.54, 1.807) is 13.2 Å². The van der Waals surface area contributed by atoms with Gasteiger partial charge in [0.25, 0.3) is 0 Å².